The van der Waals surface area contributed by atoms with Crippen molar-refractivity contribution >= 4 is 27.5 Å². The summed E-state index contributed by atoms with van der Waals surface area (Å²) < 4.78 is 27.7. The van der Waals surface area contributed by atoms with Gasteiger partial charge < -0.3 is 9.80 Å². The number of piperidine rings is 2. The number of nitrogens with zero attached hydrogens (tertiary/aromatic N) is 2. The zero-order chi connectivity index (χ0) is 23.4. The molecule has 0 spiro atoms. The van der Waals surface area contributed by atoms with Crippen LogP contribution in [-0.4, -0.2) is 56.2 Å². The maximum atomic E-state index is 12.9. The fourth-order valence-electron chi connectivity index (χ4n) is 4.66. The van der Waals surface area contributed by atoms with Crippen LogP contribution < -0.4 is 4.72 Å². The lowest BCUT2D eigenvalue weighted by Crippen LogP contribution is -2.47. The molecule has 0 bridgehead atoms. The molecule has 2 aliphatic heterocycles. The molecule has 4 rings (SSSR count). The van der Waals surface area contributed by atoms with E-state index < -0.39 is 10.0 Å². The zero-order valence-electron chi connectivity index (χ0n) is 18.9. The third kappa shape index (κ3) is 5.55. The Morgan fingerprint density at radius 2 is 1.55 bits per heavy atom. The Labute approximate surface area is 195 Å². The molecule has 2 saturated heterocycles. The van der Waals surface area contributed by atoms with E-state index in [1.807, 2.05) is 11.0 Å². The zero-order valence-corrected chi connectivity index (χ0v) is 19.8. The Morgan fingerprint density at radius 3 is 2.18 bits per heavy atom. The molecule has 1 atom stereocenters. The van der Waals surface area contributed by atoms with Crippen molar-refractivity contribution in [2.75, 3.05) is 30.9 Å². The molecule has 8 heteroatoms. The summed E-state index contributed by atoms with van der Waals surface area (Å²) in [6.07, 6.45) is 3.59. The molecule has 2 aliphatic rings. The van der Waals surface area contributed by atoms with Crippen molar-refractivity contribution in [1.29, 1.82) is 0 Å². The predicted octanol–water partition coefficient (Wildman–Crippen LogP) is 3.60. The molecule has 1 N–H and O–H groups in total. The normalized spacial score (nSPS) is 19.8. The molecule has 33 heavy (non-hydrogen) atoms. The summed E-state index contributed by atoms with van der Waals surface area (Å²) in [5, 5.41) is 0. The van der Waals surface area contributed by atoms with Crippen LogP contribution in [0.1, 0.15) is 43.0 Å². The molecule has 2 aromatic rings. The number of rotatable bonds is 5. The third-order valence-corrected chi connectivity index (χ3v) is 7.93. The maximum absolute atomic E-state index is 12.9. The highest BCUT2D eigenvalue weighted by atomic mass is 32.2. The van der Waals surface area contributed by atoms with Gasteiger partial charge in [0.05, 0.1) is 4.90 Å². The van der Waals surface area contributed by atoms with E-state index in [0.29, 0.717) is 43.1 Å². The van der Waals surface area contributed by atoms with Crippen LogP contribution in [0.15, 0.2) is 59.5 Å². The molecular weight excluding hydrogens is 438 g/mol. The van der Waals surface area contributed by atoms with Crippen LogP contribution in [0.3, 0.4) is 0 Å². The highest BCUT2D eigenvalue weighted by Gasteiger charge is 2.32. The molecular formula is C25H31N3O4S. The first kappa shape index (κ1) is 23.3. The van der Waals surface area contributed by atoms with E-state index in [9.17, 15) is 18.0 Å². The molecule has 2 fully saturated rings. The number of likely N-dealkylation sites (tertiary alicyclic amines) is 2. The summed E-state index contributed by atoms with van der Waals surface area (Å²) >= 11 is 0. The lowest BCUT2D eigenvalue weighted by atomic mass is 9.92. The lowest BCUT2D eigenvalue weighted by molar-refractivity contribution is -0.138. The van der Waals surface area contributed by atoms with Crippen molar-refractivity contribution in [3.63, 3.8) is 0 Å². The van der Waals surface area contributed by atoms with Gasteiger partial charge in [0.2, 0.25) is 5.91 Å². The first-order valence-electron chi connectivity index (χ1n) is 11.6. The minimum Gasteiger partial charge on any atom is -0.342 e. The van der Waals surface area contributed by atoms with Gasteiger partial charge in [0, 0.05) is 43.3 Å². The van der Waals surface area contributed by atoms with E-state index in [1.165, 1.54) is 18.6 Å². The number of para-hydroxylation sites is 1. The van der Waals surface area contributed by atoms with Crippen molar-refractivity contribution in [2.24, 2.45) is 11.8 Å². The Kier molecular flexibility index (Phi) is 7.02. The standard InChI is InChI=1S/C25H31N3O4S/c1-19-6-5-15-28(18-19)25(30)21-13-16-27(17-14-21)24(29)20-9-11-23(12-10-20)33(31,32)26-22-7-3-2-4-8-22/h2-4,7-12,19,21,26H,5-6,13-18H2,1H3. The van der Waals surface area contributed by atoms with Gasteiger partial charge >= 0.3 is 0 Å². The van der Waals surface area contributed by atoms with Gasteiger partial charge in [0.1, 0.15) is 0 Å². The van der Waals surface area contributed by atoms with Gasteiger partial charge in [-0.2, -0.15) is 0 Å². The van der Waals surface area contributed by atoms with Crippen LogP contribution in [0.4, 0.5) is 5.69 Å². The van der Waals surface area contributed by atoms with E-state index in [0.717, 1.165) is 19.5 Å². The number of carbonyl (C=O) groups excluding carboxylic acids is 2. The molecule has 0 radical (unpaired) electrons. The lowest BCUT2D eigenvalue weighted by Gasteiger charge is -2.37. The minimum absolute atomic E-state index is 0.0177. The number of nitrogens with one attached hydrogen (secondary N) is 1. The second-order valence-corrected chi connectivity index (χ2v) is 10.8. The second kappa shape index (κ2) is 9.95. The number of sulfonamides is 1. The molecule has 0 aromatic heterocycles. The van der Waals surface area contributed by atoms with Gasteiger partial charge in [-0.1, -0.05) is 25.1 Å². The number of carbonyl (C=O) groups is 2. The van der Waals surface area contributed by atoms with Gasteiger partial charge in [-0.25, -0.2) is 8.42 Å². The van der Waals surface area contributed by atoms with Crippen LogP contribution in [0.25, 0.3) is 0 Å². The average Bonchev–Trinajstić information content (AvgIpc) is 2.84. The van der Waals surface area contributed by atoms with E-state index >= 15 is 0 Å². The fraction of sp³-hybridized carbons (Fsp3) is 0.440. The average molecular weight is 470 g/mol. The number of hydrogen-bond donors (Lipinski definition) is 1. The summed E-state index contributed by atoms with van der Waals surface area (Å²) in [4.78, 5) is 29.7. The van der Waals surface area contributed by atoms with Crippen molar-refractivity contribution in [1.82, 2.24) is 9.80 Å². The van der Waals surface area contributed by atoms with Crippen LogP contribution in [-0.2, 0) is 14.8 Å². The molecule has 0 saturated carbocycles. The summed E-state index contributed by atoms with van der Waals surface area (Å²) in [5.74, 6) is 0.636. The van der Waals surface area contributed by atoms with Crippen molar-refractivity contribution in [3.8, 4) is 0 Å². The van der Waals surface area contributed by atoms with E-state index in [1.54, 1.807) is 41.3 Å². The first-order chi connectivity index (χ1) is 15.8. The van der Waals surface area contributed by atoms with Crippen molar-refractivity contribution in [3.05, 3.63) is 60.2 Å². The Bertz CT molecular complexity index is 1080. The Hall–Kier alpha value is -2.87. The minimum atomic E-state index is -3.73. The van der Waals surface area contributed by atoms with Gasteiger partial charge in [0.15, 0.2) is 0 Å². The van der Waals surface area contributed by atoms with Crippen LogP contribution in [0.5, 0.6) is 0 Å². The van der Waals surface area contributed by atoms with Crippen LogP contribution in [0.2, 0.25) is 0 Å². The summed E-state index contributed by atoms with van der Waals surface area (Å²) in [7, 11) is -3.73. The van der Waals surface area contributed by atoms with Crippen molar-refractivity contribution < 1.29 is 18.0 Å². The Morgan fingerprint density at radius 1 is 0.879 bits per heavy atom. The highest BCUT2D eigenvalue weighted by Crippen LogP contribution is 2.25. The molecule has 1 unspecified atom stereocenters. The third-order valence-electron chi connectivity index (χ3n) is 6.54. The highest BCUT2D eigenvalue weighted by molar-refractivity contribution is 7.92. The molecule has 0 aliphatic carbocycles. The number of benzene rings is 2. The maximum Gasteiger partial charge on any atom is 0.261 e. The molecule has 2 amide bonds. The van der Waals surface area contributed by atoms with Gasteiger partial charge in [-0.05, 0) is 68.0 Å². The predicted molar refractivity (Wildman–Crippen MR) is 127 cm³/mol. The molecule has 2 aromatic carbocycles. The van der Waals surface area contributed by atoms with Gasteiger partial charge in [-0.15, -0.1) is 0 Å². The first-order valence-corrected chi connectivity index (χ1v) is 13.1. The van der Waals surface area contributed by atoms with Crippen LogP contribution >= 0.6 is 0 Å². The molecule has 2 heterocycles. The largest absolute Gasteiger partial charge is 0.342 e. The van der Waals surface area contributed by atoms with Gasteiger partial charge in [0.25, 0.3) is 15.9 Å². The van der Waals surface area contributed by atoms with E-state index in [-0.39, 0.29) is 22.6 Å². The monoisotopic (exact) mass is 469 g/mol. The van der Waals surface area contributed by atoms with E-state index in [2.05, 4.69) is 11.6 Å². The molecule has 7 nitrogen and oxygen atoms in total. The Balaban J connectivity index is 1.34. The summed E-state index contributed by atoms with van der Waals surface area (Å²) in [5.41, 5.74) is 0.928. The topological polar surface area (TPSA) is 86.8 Å². The van der Waals surface area contributed by atoms with Crippen LogP contribution in [0, 0.1) is 11.8 Å². The quantitative estimate of drug-likeness (QED) is 0.725. The number of anilines is 1. The molecule has 176 valence electrons. The van der Waals surface area contributed by atoms with Crippen molar-refractivity contribution in [2.45, 2.75) is 37.5 Å². The smallest absolute Gasteiger partial charge is 0.261 e. The van der Waals surface area contributed by atoms with E-state index in [4.69, 9.17) is 0 Å². The number of amides is 2. The summed E-state index contributed by atoms with van der Waals surface area (Å²) in [6, 6.07) is 14.7. The second-order valence-electron chi connectivity index (χ2n) is 9.09. The summed E-state index contributed by atoms with van der Waals surface area (Å²) in [6.45, 7) is 4.94. The number of hydrogen-bond acceptors (Lipinski definition) is 4. The van der Waals surface area contributed by atoms with Gasteiger partial charge in [-0.3, -0.25) is 14.3 Å². The SMILES string of the molecule is CC1CCCN(C(=O)C2CCN(C(=O)c3ccc(S(=O)(=O)Nc4ccccc4)cc3)CC2)C1. The fourth-order valence-corrected chi connectivity index (χ4v) is 5.72.